The number of pyridine rings is 1. The fraction of sp³-hybridized carbons (Fsp3) is 0.294. The minimum atomic E-state index is -2.49. The van der Waals surface area contributed by atoms with Crippen molar-refractivity contribution in [3.8, 4) is 0 Å². The van der Waals surface area contributed by atoms with E-state index in [4.69, 9.17) is 23.8 Å². The molecule has 0 aliphatic heterocycles. The summed E-state index contributed by atoms with van der Waals surface area (Å²) >= 11 is 11.2. The minimum absolute atomic E-state index is 0.237. The summed E-state index contributed by atoms with van der Waals surface area (Å²) in [7, 11) is -2.49. The standard InChI is InChI=1S/C17H19ClN2OS2/c1-12-4-7-15(11-19-12)13(2)23(3,21)20-17(22)10-14-5-8-16(18)9-6-14/h4-9,11,13H,10H2,1-3H3. The van der Waals surface area contributed by atoms with Crippen LogP contribution < -0.4 is 0 Å². The molecule has 2 unspecified atom stereocenters. The number of hydrogen-bond acceptors (Lipinski definition) is 3. The molecule has 1 aromatic heterocycles. The predicted octanol–water partition coefficient (Wildman–Crippen LogP) is 4.77. The molecule has 0 N–H and O–H groups in total. The lowest BCUT2D eigenvalue weighted by molar-refractivity contribution is 0.673. The first-order valence-corrected chi connectivity index (χ1v) is 9.96. The molecule has 0 saturated carbocycles. The summed E-state index contributed by atoms with van der Waals surface area (Å²) in [5, 5.41) is 0.440. The zero-order chi connectivity index (χ0) is 17.0. The van der Waals surface area contributed by atoms with Gasteiger partial charge in [-0.25, -0.2) is 4.21 Å². The van der Waals surface area contributed by atoms with E-state index in [-0.39, 0.29) is 5.25 Å². The molecule has 2 rings (SSSR count). The SMILES string of the molecule is Cc1ccc(C(C)S(C)(=O)=NC(=S)Cc2ccc(Cl)cc2)cn1. The maximum atomic E-state index is 12.9. The van der Waals surface area contributed by atoms with Crippen LogP contribution in [0.15, 0.2) is 47.0 Å². The van der Waals surface area contributed by atoms with E-state index in [1.54, 1.807) is 12.5 Å². The third-order valence-electron chi connectivity index (χ3n) is 3.61. The molecular weight excluding hydrogens is 348 g/mol. The second-order valence-electron chi connectivity index (χ2n) is 5.52. The van der Waals surface area contributed by atoms with E-state index in [9.17, 15) is 4.21 Å². The van der Waals surface area contributed by atoms with E-state index in [2.05, 4.69) is 9.35 Å². The second-order valence-corrected chi connectivity index (χ2v) is 9.04. The van der Waals surface area contributed by atoms with Crippen LogP contribution in [0, 0.1) is 6.92 Å². The average molecular weight is 367 g/mol. The van der Waals surface area contributed by atoms with Gasteiger partial charge in [-0.3, -0.25) is 4.98 Å². The number of aromatic nitrogens is 1. The van der Waals surface area contributed by atoms with Crippen LogP contribution in [0.1, 0.15) is 29.0 Å². The number of thiocarbonyl (C=S) groups is 1. The summed E-state index contributed by atoms with van der Waals surface area (Å²) in [5.74, 6) is 0. The van der Waals surface area contributed by atoms with Crippen molar-refractivity contribution in [3.63, 3.8) is 0 Å². The monoisotopic (exact) mass is 366 g/mol. The van der Waals surface area contributed by atoms with E-state index >= 15 is 0 Å². The molecule has 23 heavy (non-hydrogen) atoms. The van der Waals surface area contributed by atoms with Gasteiger partial charge in [0.25, 0.3) is 0 Å². The van der Waals surface area contributed by atoms with Crippen molar-refractivity contribution in [1.82, 2.24) is 4.98 Å². The minimum Gasteiger partial charge on any atom is -0.261 e. The predicted molar refractivity (Wildman–Crippen MR) is 102 cm³/mol. The fourth-order valence-electron chi connectivity index (χ4n) is 2.06. The second kappa shape index (κ2) is 7.51. The summed E-state index contributed by atoms with van der Waals surface area (Å²) in [4.78, 5) is 4.69. The molecule has 3 nitrogen and oxygen atoms in total. The summed E-state index contributed by atoms with van der Waals surface area (Å²) < 4.78 is 17.2. The summed E-state index contributed by atoms with van der Waals surface area (Å²) in [6, 6.07) is 11.3. The molecule has 6 heteroatoms. The van der Waals surface area contributed by atoms with Gasteiger partial charge in [-0.15, -0.1) is 0 Å². The molecule has 1 aromatic carbocycles. The van der Waals surface area contributed by atoms with Gasteiger partial charge in [0.15, 0.2) is 0 Å². The van der Waals surface area contributed by atoms with E-state index < -0.39 is 9.73 Å². The highest BCUT2D eigenvalue weighted by Crippen LogP contribution is 2.23. The van der Waals surface area contributed by atoms with Crippen molar-refractivity contribution in [2.24, 2.45) is 4.36 Å². The Hall–Kier alpha value is -1.30. The Balaban J connectivity index is 2.18. The van der Waals surface area contributed by atoms with Gasteiger partial charge in [0.1, 0.15) is 4.99 Å². The fourth-order valence-corrected chi connectivity index (χ4v) is 4.07. The number of benzene rings is 1. The molecule has 0 spiro atoms. The Kier molecular flexibility index (Phi) is 5.89. The van der Waals surface area contributed by atoms with Gasteiger partial charge >= 0.3 is 0 Å². The topological polar surface area (TPSA) is 42.3 Å². The van der Waals surface area contributed by atoms with Gasteiger partial charge in [0, 0.05) is 29.6 Å². The van der Waals surface area contributed by atoms with E-state index in [1.165, 1.54) is 0 Å². The van der Waals surface area contributed by atoms with Crippen molar-refractivity contribution in [2.75, 3.05) is 6.26 Å². The molecular formula is C17H19ClN2OS2. The van der Waals surface area contributed by atoms with Crippen LogP contribution in [0.2, 0.25) is 5.02 Å². The maximum Gasteiger partial charge on any atom is 0.117 e. The lowest BCUT2D eigenvalue weighted by atomic mass is 10.2. The number of aryl methyl sites for hydroxylation is 1. The quantitative estimate of drug-likeness (QED) is 0.732. The highest BCUT2D eigenvalue weighted by Gasteiger charge is 2.17. The van der Waals surface area contributed by atoms with Crippen molar-refractivity contribution >= 4 is 38.5 Å². The number of halogens is 1. The Bertz CT molecular complexity index is 807. The van der Waals surface area contributed by atoms with Crippen LogP contribution in [0.25, 0.3) is 0 Å². The Labute approximate surface area is 148 Å². The highest BCUT2D eigenvalue weighted by molar-refractivity contribution is 7.94. The van der Waals surface area contributed by atoms with Gasteiger partial charge in [0.05, 0.1) is 15.0 Å². The molecule has 122 valence electrons. The first kappa shape index (κ1) is 18.0. The third-order valence-corrected chi connectivity index (χ3v) is 6.38. The molecule has 0 bridgehead atoms. The van der Waals surface area contributed by atoms with Gasteiger partial charge in [-0.1, -0.05) is 42.0 Å². The van der Waals surface area contributed by atoms with Gasteiger partial charge in [-0.2, -0.15) is 4.36 Å². The number of hydrogen-bond donors (Lipinski definition) is 0. The van der Waals surface area contributed by atoms with Crippen LogP contribution in [0.3, 0.4) is 0 Å². The number of nitrogens with zero attached hydrogens (tertiary/aromatic N) is 2. The van der Waals surface area contributed by atoms with Crippen LogP contribution in [-0.2, 0) is 16.1 Å². The zero-order valence-electron chi connectivity index (χ0n) is 13.3. The molecule has 1 heterocycles. The Morgan fingerprint density at radius 1 is 1.30 bits per heavy atom. The van der Waals surface area contributed by atoms with Crippen molar-refractivity contribution < 1.29 is 4.21 Å². The average Bonchev–Trinajstić information content (AvgIpc) is 2.49. The smallest absolute Gasteiger partial charge is 0.117 e. The third kappa shape index (κ3) is 5.09. The van der Waals surface area contributed by atoms with Crippen LogP contribution in [0.4, 0.5) is 0 Å². The lowest BCUT2D eigenvalue weighted by Crippen LogP contribution is -2.11. The first-order chi connectivity index (χ1) is 10.8. The van der Waals surface area contributed by atoms with Crippen LogP contribution in [-0.4, -0.2) is 20.4 Å². The van der Waals surface area contributed by atoms with Crippen molar-refractivity contribution in [1.29, 1.82) is 0 Å². The zero-order valence-corrected chi connectivity index (χ0v) is 15.7. The largest absolute Gasteiger partial charge is 0.261 e. The molecule has 2 aromatic rings. The maximum absolute atomic E-state index is 12.9. The van der Waals surface area contributed by atoms with Gasteiger partial charge in [-0.05, 0) is 43.2 Å². The normalized spacial score (nSPS) is 14.8. The molecule has 0 radical (unpaired) electrons. The van der Waals surface area contributed by atoms with Crippen molar-refractivity contribution in [3.05, 3.63) is 64.4 Å². The summed E-state index contributed by atoms with van der Waals surface area (Å²) in [5.41, 5.74) is 2.84. The first-order valence-electron chi connectivity index (χ1n) is 7.19. The number of rotatable bonds is 4. The van der Waals surface area contributed by atoms with E-state index in [0.717, 1.165) is 16.8 Å². The highest BCUT2D eigenvalue weighted by atomic mass is 35.5. The molecule has 0 aliphatic rings. The van der Waals surface area contributed by atoms with E-state index in [1.807, 2.05) is 50.2 Å². The van der Waals surface area contributed by atoms with Crippen LogP contribution >= 0.6 is 23.8 Å². The van der Waals surface area contributed by atoms with Crippen molar-refractivity contribution in [2.45, 2.75) is 25.5 Å². The lowest BCUT2D eigenvalue weighted by Gasteiger charge is -2.14. The Morgan fingerprint density at radius 2 is 1.96 bits per heavy atom. The van der Waals surface area contributed by atoms with Gasteiger partial charge in [0.2, 0.25) is 0 Å². The molecule has 2 atom stereocenters. The molecule has 0 saturated heterocycles. The summed E-state index contributed by atoms with van der Waals surface area (Å²) in [6.07, 6.45) is 3.88. The molecule has 0 aliphatic carbocycles. The Morgan fingerprint density at radius 3 is 2.52 bits per heavy atom. The summed E-state index contributed by atoms with van der Waals surface area (Å²) in [6.45, 7) is 3.81. The molecule has 0 amide bonds. The van der Waals surface area contributed by atoms with Gasteiger partial charge < -0.3 is 0 Å². The molecule has 0 fully saturated rings. The van der Waals surface area contributed by atoms with Crippen LogP contribution in [0.5, 0.6) is 0 Å². The van der Waals surface area contributed by atoms with E-state index in [0.29, 0.717) is 16.4 Å².